The van der Waals surface area contributed by atoms with E-state index < -0.39 is 11.7 Å². The van der Waals surface area contributed by atoms with Gasteiger partial charge in [0, 0.05) is 11.6 Å². The van der Waals surface area contributed by atoms with E-state index in [1.807, 2.05) is 32.9 Å². The highest BCUT2D eigenvalue weighted by atomic mass is 16.6. The zero-order valence-corrected chi connectivity index (χ0v) is 19.2. The molecule has 0 bridgehead atoms. The van der Waals surface area contributed by atoms with Gasteiger partial charge in [0.2, 0.25) is 0 Å². The lowest BCUT2D eigenvalue weighted by molar-refractivity contribution is 0.0636. The van der Waals surface area contributed by atoms with Crippen LogP contribution in [0.15, 0.2) is 30.3 Å². The van der Waals surface area contributed by atoms with Crippen LogP contribution in [-0.2, 0) is 4.74 Å². The van der Waals surface area contributed by atoms with Crippen LogP contribution in [0.4, 0.5) is 16.2 Å². The van der Waals surface area contributed by atoms with Gasteiger partial charge in [0.15, 0.2) is 0 Å². The highest BCUT2D eigenvalue weighted by molar-refractivity contribution is 5.98. The average molecular weight is 397 g/mol. The summed E-state index contributed by atoms with van der Waals surface area (Å²) >= 11 is 0. The third-order valence-corrected chi connectivity index (χ3v) is 4.98. The highest BCUT2D eigenvalue weighted by Gasteiger charge is 2.21. The number of benzene rings is 2. The number of anilines is 2. The predicted octanol–water partition coefficient (Wildman–Crippen LogP) is 7.23. The number of ether oxygens (including phenoxy) is 1. The van der Waals surface area contributed by atoms with Crippen molar-refractivity contribution >= 4 is 17.5 Å². The Hall–Kier alpha value is -2.49. The maximum atomic E-state index is 12.7. The molecule has 0 atom stereocenters. The Balaban J connectivity index is 2.60. The number of rotatable bonds is 6. The van der Waals surface area contributed by atoms with E-state index in [0.29, 0.717) is 6.04 Å². The quantitative estimate of drug-likeness (QED) is 0.541. The average Bonchev–Trinajstić information content (AvgIpc) is 2.59. The summed E-state index contributed by atoms with van der Waals surface area (Å²) in [7, 11) is 0. The van der Waals surface area contributed by atoms with Crippen LogP contribution in [0.2, 0.25) is 0 Å². The predicted molar refractivity (Wildman–Crippen MR) is 124 cm³/mol. The van der Waals surface area contributed by atoms with Crippen LogP contribution in [0, 0.1) is 20.8 Å². The molecule has 4 heteroatoms. The van der Waals surface area contributed by atoms with Gasteiger partial charge in [-0.05, 0) is 77.1 Å². The van der Waals surface area contributed by atoms with Crippen molar-refractivity contribution in [3.63, 3.8) is 0 Å². The molecule has 0 unspecified atom stereocenters. The molecule has 2 N–H and O–H groups in total. The lowest BCUT2D eigenvalue weighted by atomic mass is 9.92. The number of hydrogen-bond donors (Lipinski definition) is 2. The first kappa shape index (κ1) is 22.8. The molecule has 0 fully saturated rings. The molecule has 0 aliphatic heterocycles. The van der Waals surface area contributed by atoms with E-state index in [-0.39, 0.29) is 0 Å². The number of carbonyl (C=O) groups is 1. The summed E-state index contributed by atoms with van der Waals surface area (Å²) in [5.74, 6) is 0. The molecule has 2 aromatic rings. The second-order valence-corrected chi connectivity index (χ2v) is 8.79. The molecule has 158 valence electrons. The van der Waals surface area contributed by atoms with E-state index in [9.17, 15) is 4.79 Å². The van der Waals surface area contributed by atoms with Crippen molar-refractivity contribution in [2.75, 3.05) is 10.6 Å². The Bertz CT molecular complexity index is 839. The molecule has 0 saturated carbocycles. The fraction of sp³-hybridized carbons (Fsp3) is 0.480. The molecule has 29 heavy (non-hydrogen) atoms. The van der Waals surface area contributed by atoms with Crippen LogP contribution in [0.25, 0.3) is 11.1 Å². The van der Waals surface area contributed by atoms with Crippen molar-refractivity contribution in [2.24, 2.45) is 0 Å². The van der Waals surface area contributed by atoms with Gasteiger partial charge in [-0.25, -0.2) is 4.79 Å². The standard InChI is InChI=1S/C25H36N2O2/c1-9-19(10-2)26-21-13-11-12-20(22-17(4)14-16(3)15-18(22)5)23(21)27-24(28)29-25(6,7)8/h11-15,19,26H,9-10H2,1-8H3,(H,27,28). The number of para-hydroxylation sites is 1. The second-order valence-electron chi connectivity index (χ2n) is 8.79. The Kier molecular flexibility index (Phi) is 7.34. The Morgan fingerprint density at radius 1 is 1.03 bits per heavy atom. The molecule has 0 saturated heterocycles. The van der Waals surface area contributed by atoms with Crippen molar-refractivity contribution in [3.05, 3.63) is 47.0 Å². The van der Waals surface area contributed by atoms with E-state index in [2.05, 4.69) is 63.5 Å². The molecular weight excluding hydrogens is 360 g/mol. The van der Waals surface area contributed by atoms with Crippen LogP contribution in [0.5, 0.6) is 0 Å². The number of nitrogens with one attached hydrogen (secondary N) is 2. The minimum atomic E-state index is -0.558. The lowest BCUT2D eigenvalue weighted by Gasteiger charge is -2.25. The van der Waals surface area contributed by atoms with Gasteiger partial charge < -0.3 is 10.1 Å². The van der Waals surface area contributed by atoms with Crippen LogP contribution < -0.4 is 10.6 Å². The molecule has 0 aliphatic rings. The number of carbonyl (C=O) groups excluding carboxylic acids is 1. The van der Waals surface area contributed by atoms with Crippen molar-refractivity contribution in [1.29, 1.82) is 0 Å². The summed E-state index contributed by atoms with van der Waals surface area (Å²) in [6, 6.07) is 10.8. The normalized spacial score (nSPS) is 11.5. The summed E-state index contributed by atoms with van der Waals surface area (Å²) in [4.78, 5) is 12.7. The lowest BCUT2D eigenvalue weighted by Crippen LogP contribution is -2.28. The summed E-state index contributed by atoms with van der Waals surface area (Å²) in [5.41, 5.74) is 6.89. The molecule has 2 rings (SSSR count). The van der Waals surface area contributed by atoms with Gasteiger partial charge in [-0.2, -0.15) is 0 Å². The molecule has 0 aromatic heterocycles. The zero-order valence-electron chi connectivity index (χ0n) is 19.2. The summed E-state index contributed by atoms with van der Waals surface area (Å²) in [6.07, 6.45) is 1.57. The SMILES string of the molecule is CCC(CC)Nc1cccc(-c2c(C)cc(C)cc2C)c1NC(=O)OC(C)(C)C. The van der Waals surface area contributed by atoms with E-state index in [1.54, 1.807) is 0 Å². The molecule has 0 spiro atoms. The van der Waals surface area contributed by atoms with Crippen molar-refractivity contribution < 1.29 is 9.53 Å². The van der Waals surface area contributed by atoms with E-state index >= 15 is 0 Å². The largest absolute Gasteiger partial charge is 0.444 e. The Morgan fingerprint density at radius 3 is 2.14 bits per heavy atom. The van der Waals surface area contributed by atoms with Crippen molar-refractivity contribution in [3.8, 4) is 11.1 Å². The monoisotopic (exact) mass is 396 g/mol. The summed E-state index contributed by atoms with van der Waals surface area (Å²) < 4.78 is 5.55. The molecular formula is C25H36N2O2. The number of hydrogen-bond acceptors (Lipinski definition) is 3. The summed E-state index contributed by atoms with van der Waals surface area (Å²) in [6.45, 7) is 16.3. The Morgan fingerprint density at radius 2 is 1.62 bits per heavy atom. The third-order valence-electron chi connectivity index (χ3n) is 4.98. The zero-order chi connectivity index (χ0) is 21.8. The van der Waals surface area contributed by atoms with Crippen molar-refractivity contribution in [2.45, 2.75) is 79.9 Å². The molecule has 0 heterocycles. The highest BCUT2D eigenvalue weighted by Crippen LogP contribution is 2.39. The molecule has 0 aliphatic carbocycles. The van der Waals surface area contributed by atoms with Crippen LogP contribution >= 0.6 is 0 Å². The van der Waals surface area contributed by atoms with E-state index in [4.69, 9.17) is 4.74 Å². The third kappa shape index (κ3) is 5.99. The topological polar surface area (TPSA) is 50.4 Å². The Labute approximate surface area is 176 Å². The molecule has 4 nitrogen and oxygen atoms in total. The van der Waals surface area contributed by atoms with Crippen LogP contribution in [0.3, 0.4) is 0 Å². The van der Waals surface area contributed by atoms with Gasteiger partial charge in [-0.3, -0.25) is 5.32 Å². The van der Waals surface area contributed by atoms with Gasteiger partial charge in [0.25, 0.3) is 0 Å². The molecule has 0 radical (unpaired) electrons. The maximum absolute atomic E-state index is 12.7. The van der Waals surface area contributed by atoms with Gasteiger partial charge in [-0.15, -0.1) is 0 Å². The fourth-order valence-electron chi connectivity index (χ4n) is 3.74. The van der Waals surface area contributed by atoms with Crippen molar-refractivity contribution in [1.82, 2.24) is 0 Å². The molecule has 2 aromatic carbocycles. The number of aryl methyl sites for hydroxylation is 3. The minimum Gasteiger partial charge on any atom is -0.444 e. The first-order chi connectivity index (χ1) is 13.6. The maximum Gasteiger partial charge on any atom is 0.412 e. The number of amides is 1. The van der Waals surface area contributed by atoms with E-state index in [0.717, 1.165) is 35.3 Å². The molecule has 1 amide bonds. The second kappa shape index (κ2) is 9.34. The summed E-state index contributed by atoms with van der Waals surface area (Å²) in [5, 5.41) is 6.64. The smallest absolute Gasteiger partial charge is 0.412 e. The van der Waals surface area contributed by atoms with Gasteiger partial charge in [-0.1, -0.05) is 43.7 Å². The first-order valence-electron chi connectivity index (χ1n) is 10.5. The van der Waals surface area contributed by atoms with Crippen LogP contribution in [0.1, 0.15) is 64.2 Å². The first-order valence-corrected chi connectivity index (χ1v) is 10.5. The van der Waals surface area contributed by atoms with Gasteiger partial charge in [0.05, 0.1) is 11.4 Å². The van der Waals surface area contributed by atoms with Crippen LogP contribution in [-0.4, -0.2) is 17.7 Å². The van der Waals surface area contributed by atoms with E-state index in [1.165, 1.54) is 16.7 Å². The fourth-order valence-corrected chi connectivity index (χ4v) is 3.74. The minimum absolute atomic E-state index is 0.338. The van der Waals surface area contributed by atoms with Gasteiger partial charge >= 0.3 is 6.09 Å². The van der Waals surface area contributed by atoms with Gasteiger partial charge in [0.1, 0.15) is 5.60 Å².